The first-order valence-electron chi connectivity index (χ1n) is 7.76. The van der Waals surface area contributed by atoms with Crippen LogP contribution in [-0.2, 0) is 6.42 Å². The maximum absolute atomic E-state index is 13.0. The molecule has 0 atom stereocenters. The normalized spacial score (nSPS) is 13.0. The summed E-state index contributed by atoms with van der Waals surface area (Å²) in [6.45, 7) is 10.0. The van der Waals surface area contributed by atoms with Crippen LogP contribution in [0.3, 0.4) is 0 Å². The monoisotopic (exact) mass is 311 g/mol. The summed E-state index contributed by atoms with van der Waals surface area (Å²) >= 11 is 0. The van der Waals surface area contributed by atoms with Crippen molar-refractivity contribution in [2.24, 2.45) is 0 Å². The second-order valence-electron chi connectivity index (χ2n) is 5.17. The van der Waals surface area contributed by atoms with Gasteiger partial charge in [-0.25, -0.2) is 14.4 Å². The van der Waals surface area contributed by atoms with Gasteiger partial charge in [0.05, 0.1) is 0 Å². The SMILES string of the molecule is C=C1C(Cc2ccc(F)cc2)=Cc2cnc(C)nc2N1C.CC. The maximum Gasteiger partial charge on any atom is 0.143 e. The lowest BCUT2D eigenvalue weighted by atomic mass is 9.97. The Morgan fingerprint density at radius 1 is 1.17 bits per heavy atom. The fourth-order valence-corrected chi connectivity index (χ4v) is 2.43. The highest BCUT2D eigenvalue weighted by Crippen LogP contribution is 2.32. The van der Waals surface area contributed by atoms with Gasteiger partial charge in [-0.1, -0.05) is 32.6 Å². The highest BCUT2D eigenvalue weighted by Gasteiger charge is 2.20. The molecule has 0 N–H and O–H groups in total. The number of allylic oxidation sites excluding steroid dienone is 1. The first kappa shape index (κ1) is 16.9. The van der Waals surface area contributed by atoms with E-state index >= 15 is 0 Å². The number of benzene rings is 1. The van der Waals surface area contributed by atoms with Gasteiger partial charge in [-0.2, -0.15) is 0 Å². The lowest BCUT2D eigenvalue weighted by Crippen LogP contribution is -2.23. The molecule has 3 rings (SSSR count). The molecule has 0 saturated carbocycles. The van der Waals surface area contributed by atoms with Gasteiger partial charge in [-0.05, 0) is 42.7 Å². The van der Waals surface area contributed by atoms with E-state index in [4.69, 9.17) is 0 Å². The minimum Gasteiger partial charge on any atom is -0.329 e. The third-order valence-electron chi connectivity index (χ3n) is 3.65. The molecule has 0 saturated heterocycles. The third-order valence-corrected chi connectivity index (χ3v) is 3.65. The summed E-state index contributed by atoms with van der Waals surface area (Å²) in [5, 5.41) is 0. The molecular formula is C19H22FN3. The van der Waals surface area contributed by atoms with E-state index in [1.807, 2.05) is 38.9 Å². The molecule has 120 valence electrons. The molecule has 23 heavy (non-hydrogen) atoms. The van der Waals surface area contributed by atoms with Gasteiger partial charge in [-0.3, -0.25) is 0 Å². The molecule has 0 fully saturated rings. The summed E-state index contributed by atoms with van der Waals surface area (Å²) in [7, 11) is 1.95. The van der Waals surface area contributed by atoms with Crippen molar-refractivity contribution in [1.82, 2.24) is 9.97 Å². The number of halogens is 1. The molecule has 0 unspecified atom stereocenters. The van der Waals surface area contributed by atoms with Gasteiger partial charge < -0.3 is 4.90 Å². The first-order chi connectivity index (χ1) is 11.0. The van der Waals surface area contributed by atoms with Crippen LogP contribution >= 0.6 is 0 Å². The molecule has 0 amide bonds. The van der Waals surface area contributed by atoms with Crippen LogP contribution in [0.1, 0.15) is 30.8 Å². The number of hydrogen-bond donors (Lipinski definition) is 0. The van der Waals surface area contributed by atoms with Crippen molar-refractivity contribution in [3.8, 4) is 0 Å². The van der Waals surface area contributed by atoms with Gasteiger partial charge in [0.25, 0.3) is 0 Å². The Morgan fingerprint density at radius 2 is 1.83 bits per heavy atom. The summed E-state index contributed by atoms with van der Waals surface area (Å²) < 4.78 is 13.0. The predicted octanol–water partition coefficient (Wildman–Crippen LogP) is 4.54. The van der Waals surface area contributed by atoms with Crippen molar-refractivity contribution in [2.75, 3.05) is 11.9 Å². The Kier molecular flexibility index (Phi) is 5.27. The summed E-state index contributed by atoms with van der Waals surface area (Å²) in [6, 6.07) is 6.55. The molecule has 1 aromatic carbocycles. The van der Waals surface area contributed by atoms with Crippen molar-refractivity contribution < 1.29 is 4.39 Å². The molecule has 1 aromatic heterocycles. The van der Waals surface area contributed by atoms with Crippen LogP contribution in [0.4, 0.5) is 10.2 Å². The van der Waals surface area contributed by atoms with Crippen LogP contribution in [0, 0.1) is 12.7 Å². The lowest BCUT2D eigenvalue weighted by Gasteiger charge is -2.28. The number of rotatable bonds is 2. The molecule has 0 spiro atoms. The summed E-state index contributed by atoms with van der Waals surface area (Å²) in [5.41, 5.74) is 4.02. The standard InChI is InChI=1S/C17H16FN3.C2H6/c1-11-14(8-13-4-6-16(18)7-5-13)9-15-10-19-12(2)20-17(15)21(11)3;1-2/h4-7,9-10H,1,8H2,2-3H3;1-2H3. The quantitative estimate of drug-likeness (QED) is 0.815. The predicted molar refractivity (Wildman–Crippen MR) is 93.7 cm³/mol. The fourth-order valence-electron chi connectivity index (χ4n) is 2.43. The Labute approximate surface area is 137 Å². The molecule has 0 aliphatic carbocycles. The Balaban J connectivity index is 0.000000924. The average Bonchev–Trinajstić information content (AvgIpc) is 2.57. The zero-order chi connectivity index (χ0) is 17.0. The van der Waals surface area contributed by atoms with Gasteiger partial charge in [0, 0.05) is 24.5 Å². The van der Waals surface area contributed by atoms with Crippen LogP contribution in [0.25, 0.3) is 6.08 Å². The molecule has 4 heteroatoms. The van der Waals surface area contributed by atoms with Crippen LogP contribution in [0.15, 0.2) is 48.3 Å². The maximum atomic E-state index is 13.0. The van der Waals surface area contributed by atoms with Gasteiger partial charge in [0.2, 0.25) is 0 Å². The number of likely N-dealkylation sites (N-methyl/N-ethyl adjacent to an activating group) is 1. The Hall–Kier alpha value is -2.49. The number of aryl methyl sites for hydroxylation is 1. The molecule has 0 radical (unpaired) electrons. The molecule has 1 aliphatic heterocycles. The van der Waals surface area contributed by atoms with E-state index in [1.54, 1.807) is 12.1 Å². The second-order valence-corrected chi connectivity index (χ2v) is 5.17. The summed E-state index contributed by atoms with van der Waals surface area (Å²) in [5.74, 6) is 1.39. The second kappa shape index (κ2) is 7.18. The van der Waals surface area contributed by atoms with E-state index in [9.17, 15) is 4.39 Å². The van der Waals surface area contributed by atoms with Crippen molar-refractivity contribution in [1.29, 1.82) is 0 Å². The van der Waals surface area contributed by atoms with E-state index in [1.165, 1.54) is 12.1 Å². The lowest BCUT2D eigenvalue weighted by molar-refractivity contribution is 0.627. The topological polar surface area (TPSA) is 29.0 Å². The van der Waals surface area contributed by atoms with Crippen molar-refractivity contribution >= 4 is 11.9 Å². The zero-order valence-electron chi connectivity index (χ0n) is 14.1. The van der Waals surface area contributed by atoms with E-state index < -0.39 is 0 Å². The first-order valence-corrected chi connectivity index (χ1v) is 7.76. The van der Waals surface area contributed by atoms with E-state index in [-0.39, 0.29) is 5.82 Å². The molecule has 1 aliphatic rings. The molecule has 3 nitrogen and oxygen atoms in total. The highest BCUT2D eigenvalue weighted by atomic mass is 19.1. The fraction of sp³-hybridized carbons (Fsp3) is 0.263. The van der Waals surface area contributed by atoms with E-state index in [0.29, 0.717) is 6.42 Å². The van der Waals surface area contributed by atoms with Gasteiger partial charge in [0.1, 0.15) is 17.5 Å². The largest absolute Gasteiger partial charge is 0.329 e. The van der Waals surface area contributed by atoms with E-state index in [0.717, 1.165) is 34.0 Å². The van der Waals surface area contributed by atoms with Gasteiger partial charge >= 0.3 is 0 Å². The number of fused-ring (bicyclic) bond motifs is 1. The van der Waals surface area contributed by atoms with Crippen LogP contribution < -0.4 is 4.90 Å². The van der Waals surface area contributed by atoms with Gasteiger partial charge in [0.15, 0.2) is 0 Å². The molecule has 2 heterocycles. The van der Waals surface area contributed by atoms with E-state index in [2.05, 4.69) is 22.6 Å². The molecule has 2 aromatic rings. The minimum atomic E-state index is -0.221. The van der Waals surface area contributed by atoms with Crippen LogP contribution in [-0.4, -0.2) is 17.0 Å². The van der Waals surface area contributed by atoms with Crippen molar-refractivity contribution in [3.05, 3.63) is 71.1 Å². The minimum absolute atomic E-state index is 0.221. The van der Waals surface area contributed by atoms with Crippen molar-refractivity contribution in [3.63, 3.8) is 0 Å². The molecule has 0 bridgehead atoms. The Morgan fingerprint density at radius 3 is 2.48 bits per heavy atom. The highest BCUT2D eigenvalue weighted by molar-refractivity contribution is 5.76. The zero-order valence-corrected chi connectivity index (χ0v) is 14.1. The van der Waals surface area contributed by atoms with Crippen LogP contribution in [0.5, 0.6) is 0 Å². The summed E-state index contributed by atoms with van der Waals surface area (Å²) in [4.78, 5) is 10.7. The number of nitrogens with zero attached hydrogens (tertiary/aromatic N) is 3. The van der Waals surface area contributed by atoms with Crippen LogP contribution in [0.2, 0.25) is 0 Å². The third kappa shape index (κ3) is 3.65. The molecular weight excluding hydrogens is 289 g/mol. The smallest absolute Gasteiger partial charge is 0.143 e. The number of aromatic nitrogens is 2. The Bertz CT molecular complexity index is 733. The van der Waals surface area contributed by atoms with Crippen molar-refractivity contribution in [2.45, 2.75) is 27.2 Å². The number of anilines is 1. The summed E-state index contributed by atoms with van der Waals surface area (Å²) in [6.07, 6.45) is 4.59. The van der Waals surface area contributed by atoms with Gasteiger partial charge in [-0.15, -0.1) is 0 Å². The number of hydrogen-bond acceptors (Lipinski definition) is 3. The average molecular weight is 311 g/mol.